The summed E-state index contributed by atoms with van der Waals surface area (Å²) in [6.45, 7) is 0.826. The van der Waals surface area contributed by atoms with Gasteiger partial charge in [0.05, 0.1) is 18.9 Å². The van der Waals surface area contributed by atoms with E-state index >= 15 is 0 Å². The molecule has 0 atom stereocenters. The third-order valence-electron chi connectivity index (χ3n) is 3.12. The zero-order valence-corrected chi connectivity index (χ0v) is 9.65. The molecule has 2 rings (SSSR count). The van der Waals surface area contributed by atoms with Gasteiger partial charge in [0.1, 0.15) is 11.2 Å². The number of nitrogens with zero attached hydrogens (tertiary/aromatic N) is 1. The van der Waals surface area contributed by atoms with Crippen LogP contribution in [-0.2, 0) is 9.53 Å². The van der Waals surface area contributed by atoms with Crippen LogP contribution in [0.25, 0.3) is 0 Å². The van der Waals surface area contributed by atoms with Crippen LogP contribution in [0.3, 0.4) is 0 Å². The zero-order valence-electron chi connectivity index (χ0n) is 9.65. The third kappa shape index (κ3) is 1.92. The van der Waals surface area contributed by atoms with Crippen LogP contribution in [0.5, 0.6) is 0 Å². The topological polar surface area (TPSA) is 55.6 Å². The Morgan fingerprint density at radius 3 is 2.65 bits per heavy atom. The first-order valence-electron chi connectivity index (χ1n) is 5.41. The number of hydrogen-bond acceptors (Lipinski definition) is 3. The first-order chi connectivity index (χ1) is 8.10. The number of nitrogens with two attached hydrogens (primary N) is 1. The van der Waals surface area contributed by atoms with Gasteiger partial charge in [-0.1, -0.05) is 12.1 Å². The molecule has 17 heavy (non-hydrogen) atoms. The number of halogens is 1. The summed E-state index contributed by atoms with van der Waals surface area (Å²) < 4.78 is 18.6. The largest absolute Gasteiger partial charge is 0.379 e. The second kappa shape index (κ2) is 4.43. The van der Waals surface area contributed by atoms with Crippen LogP contribution in [0, 0.1) is 11.2 Å². The molecule has 1 aliphatic rings. The van der Waals surface area contributed by atoms with Crippen LogP contribution < -0.4 is 10.6 Å². The number of anilines is 1. The fraction of sp³-hybridized carbons (Fsp3) is 0.417. The maximum atomic E-state index is 13.6. The van der Waals surface area contributed by atoms with Gasteiger partial charge in [0.15, 0.2) is 0 Å². The summed E-state index contributed by atoms with van der Waals surface area (Å²) in [5.41, 5.74) is 5.18. The van der Waals surface area contributed by atoms with Crippen molar-refractivity contribution in [3.05, 3.63) is 30.1 Å². The smallest absolute Gasteiger partial charge is 0.239 e. The van der Waals surface area contributed by atoms with Crippen molar-refractivity contribution in [1.29, 1.82) is 0 Å². The van der Waals surface area contributed by atoms with E-state index in [1.54, 1.807) is 25.2 Å². The van der Waals surface area contributed by atoms with Gasteiger partial charge in [-0.15, -0.1) is 0 Å². The van der Waals surface area contributed by atoms with Crippen LogP contribution in [0.4, 0.5) is 10.1 Å². The number of benzene rings is 1. The highest BCUT2D eigenvalue weighted by Gasteiger charge is 2.46. The molecule has 5 heteroatoms. The van der Waals surface area contributed by atoms with E-state index in [0.717, 1.165) is 0 Å². The molecule has 92 valence electrons. The molecule has 0 spiro atoms. The monoisotopic (exact) mass is 238 g/mol. The Morgan fingerprint density at radius 1 is 1.53 bits per heavy atom. The average molecular weight is 238 g/mol. The van der Waals surface area contributed by atoms with Gasteiger partial charge in [-0.3, -0.25) is 4.79 Å². The van der Waals surface area contributed by atoms with Crippen molar-refractivity contribution in [2.45, 2.75) is 0 Å². The molecule has 2 N–H and O–H groups in total. The maximum absolute atomic E-state index is 13.6. The van der Waals surface area contributed by atoms with Gasteiger partial charge in [0, 0.05) is 13.6 Å². The van der Waals surface area contributed by atoms with Gasteiger partial charge >= 0.3 is 0 Å². The number of hydrogen-bond donors (Lipinski definition) is 1. The van der Waals surface area contributed by atoms with E-state index in [4.69, 9.17) is 10.5 Å². The van der Waals surface area contributed by atoms with Gasteiger partial charge in [0.25, 0.3) is 0 Å². The molecule has 1 heterocycles. The van der Waals surface area contributed by atoms with Crippen molar-refractivity contribution < 1.29 is 13.9 Å². The van der Waals surface area contributed by atoms with Gasteiger partial charge in [0.2, 0.25) is 5.91 Å². The lowest BCUT2D eigenvalue weighted by Crippen LogP contribution is -2.58. The molecule has 0 saturated carbocycles. The summed E-state index contributed by atoms with van der Waals surface area (Å²) in [6, 6.07) is 6.17. The Bertz CT molecular complexity index is 427. The fourth-order valence-electron chi connectivity index (χ4n) is 1.87. The SMILES string of the molecule is CN(C(=O)C1(CN)COC1)c1ccccc1F. The number of ether oxygens (including phenoxy) is 1. The molecule has 1 aliphatic heterocycles. The number of rotatable bonds is 3. The van der Waals surface area contributed by atoms with Gasteiger partial charge in [-0.05, 0) is 12.1 Å². The second-order valence-corrected chi connectivity index (χ2v) is 4.29. The van der Waals surface area contributed by atoms with E-state index < -0.39 is 11.2 Å². The van der Waals surface area contributed by atoms with Gasteiger partial charge in [-0.25, -0.2) is 4.39 Å². The summed E-state index contributed by atoms with van der Waals surface area (Å²) in [5, 5.41) is 0. The highest BCUT2D eigenvalue weighted by atomic mass is 19.1. The molecule has 0 unspecified atom stereocenters. The molecule has 1 saturated heterocycles. The average Bonchev–Trinajstić information content (AvgIpc) is 2.28. The summed E-state index contributed by atoms with van der Waals surface area (Å²) in [5.74, 6) is -0.618. The van der Waals surface area contributed by atoms with Crippen molar-refractivity contribution >= 4 is 11.6 Å². The lowest BCUT2D eigenvalue weighted by molar-refractivity contribution is -0.156. The summed E-state index contributed by atoms with van der Waals surface area (Å²) in [6.07, 6.45) is 0. The Morgan fingerprint density at radius 2 is 2.18 bits per heavy atom. The Balaban J connectivity index is 2.23. The van der Waals surface area contributed by atoms with E-state index in [-0.39, 0.29) is 18.1 Å². The van der Waals surface area contributed by atoms with Crippen LogP contribution in [0.2, 0.25) is 0 Å². The lowest BCUT2D eigenvalue weighted by Gasteiger charge is -2.41. The van der Waals surface area contributed by atoms with Crippen molar-refractivity contribution in [3.63, 3.8) is 0 Å². The fourth-order valence-corrected chi connectivity index (χ4v) is 1.87. The Hall–Kier alpha value is -1.46. The second-order valence-electron chi connectivity index (χ2n) is 4.29. The van der Waals surface area contributed by atoms with E-state index in [1.807, 2.05) is 0 Å². The molecule has 1 aromatic carbocycles. The normalized spacial score (nSPS) is 17.4. The van der Waals surface area contributed by atoms with Crippen molar-refractivity contribution in [2.75, 3.05) is 31.7 Å². The van der Waals surface area contributed by atoms with Crippen molar-refractivity contribution in [2.24, 2.45) is 11.1 Å². The van der Waals surface area contributed by atoms with Crippen LogP contribution in [-0.4, -0.2) is 32.7 Å². The van der Waals surface area contributed by atoms with E-state index in [9.17, 15) is 9.18 Å². The Labute approximate surface area is 99.2 Å². The standard InChI is InChI=1S/C12H15FN2O2/c1-15(10-5-3-2-4-9(10)13)11(16)12(6-14)7-17-8-12/h2-5H,6-8,14H2,1H3. The quantitative estimate of drug-likeness (QED) is 0.846. The van der Waals surface area contributed by atoms with E-state index in [1.165, 1.54) is 11.0 Å². The third-order valence-corrected chi connectivity index (χ3v) is 3.12. The van der Waals surface area contributed by atoms with Gasteiger partial charge in [-0.2, -0.15) is 0 Å². The summed E-state index contributed by atoms with van der Waals surface area (Å²) >= 11 is 0. The number of carbonyl (C=O) groups is 1. The zero-order chi connectivity index (χ0) is 12.5. The summed E-state index contributed by atoms with van der Waals surface area (Å²) in [7, 11) is 1.55. The minimum atomic E-state index is -0.684. The summed E-state index contributed by atoms with van der Waals surface area (Å²) in [4.78, 5) is 13.5. The molecule has 0 radical (unpaired) electrons. The molecule has 0 aromatic heterocycles. The van der Waals surface area contributed by atoms with E-state index in [0.29, 0.717) is 13.2 Å². The molecule has 4 nitrogen and oxygen atoms in total. The van der Waals surface area contributed by atoms with Crippen LogP contribution in [0.15, 0.2) is 24.3 Å². The predicted molar refractivity (Wildman–Crippen MR) is 62.1 cm³/mol. The van der Waals surface area contributed by atoms with Crippen LogP contribution >= 0.6 is 0 Å². The molecular weight excluding hydrogens is 223 g/mol. The molecule has 0 aliphatic carbocycles. The first-order valence-corrected chi connectivity index (χ1v) is 5.41. The number of carbonyl (C=O) groups excluding carboxylic acids is 1. The molecular formula is C12H15FN2O2. The predicted octanol–water partition coefficient (Wildman–Crippen LogP) is 0.764. The molecule has 1 amide bonds. The van der Waals surface area contributed by atoms with Crippen molar-refractivity contribution in [3.8, 4) is 0 Å². The first kappa shape index (κ1) is 12.0. The molecule has 1 fully saturated rings. The maximum Gasteiger partial charge on any atom is 0.239 e. The Kier molecular flexibility index (Phi) is 3.13. The highest BCUT2D eigenvalue weighted by Crippen LogP contribution is 2.30. The van der Waals surface area contributed by atoms with Crippen molar-refractivity contribution in [1.82, 2.24) is 0 Å². The lowest BCUT2D eigenvalue weighted by atomic mass is 9.84. The van der Waals surface area contributed by atoms with E-state index in [2.05, 4.69) is 0 Å². The number of amides is 1. The minimum Gasteiger partial charge on any atom is -0.379 e. The molecule has 1 aromatic rings. The minimum absolute atomic E-state index is 0.198. The molecule has 0 bridgehead atoms. The van der Waals surface area contributed by atoms with Gasteiger partial charge < -0.3 is 15.4 Å². The van der Waals surface area contributed by atoms with Crippen LogP contribution in [0.1, 0.15) is 0 Å². The highest BCUT2D eigenvalue weighted by molar-refractivity contribution is 5.98. The number of para-hydroxylation sites is 1.